The van der Waals surface area contributed by atoms with Crippen molar-refractivity contribution in [3.63, 3.8) is 0 Å². The molecule has 0 spiro atoms. The standard InChI is InChI=1S/C9H22N2O/c1-8(7-10)11(4)6-5-9(2,3)12/h8,12H,5-7,10H2,1-4H3. The minimum atomic E-state index is -0.567. The number of hydrogen-bond acceptors (Lipinski definition) is 3. The van der Waals surface area contributed by atoms with E-state index in [0.717, 1.165) is 13.0 Å². The van der Waals surface area contributed by atoms with Crippen molar-refractivity contribution < 1.29 is 5.11 Å². The largest absolute Gasteiger partial charge is 0.390 e. The Balaban J connectivity index is 3.64. The van der Waals surface area contributed by atoms with Gasteiger partial charge in [0.05, 0.1) is 5.60 Å². The molecule has 0 aliphatic rings. The predicted molar refractivity (Wildman–Crippen MR) is 52.1 cm³/mol. The van der Waals surface area contributed by atoms with Gasteiger partial charge in [-0.05, 0) is 34.2 Å². The van der Waals surface area contributed by atoms with Gasteiger partial charge in [-0.1, -0.05) is 0 Å². The summed E-state index contributed by atoms with van der Waals surface area (Å²) in [6.07, 6.45) is 0.786. The molecule has 0 radical (unpaired) electrons. The van der Waals surface area contributed by atoms with E-state index in [4.69, 9.17) is 5.73 Å². The molecule has 0 fully saturated rings. The van der Waals surface area contributed by atoms with Crippen LogP contribution in [0.4, 0.5) is 0 Å². The molecule has 0 aliphatic carbocycles. The molecule has 0 aromatic carbocycles. The molecule has 1 atom stereocenters. The highest BCUT2D eigenvalue weighted by atomic mass is 16.3. The van der Waals surface area contributed by atoms with Crippen LogP contribution in [0.2, 0.25) is 0 Å². The van der Waals surface area contributed by atoms with E-state index in [0.29, 0.717) is 12.6 Å². The third kappa shape index (κ3) is 5.52. The van der Waals surface area contributed by atoms with Gasteiger partial charge in [0.25, 0.3) is 0 Å². The van der Waals surface area contributed by atoms with Crippen molar-refractivity contribution in [1.29, 1.82) is 0 Å². The van der Waals surface area contributed by atoms with Crippen LogP contribution in [0.3, 0.4) is 0 Å². The molecule has 74 valence electrons. The van der Waals surface area contributed by atoms with Crippen LogP contribution in [0.1, 0.15) is 27.2 Å². The van der Waals surface area contributed by atoms with E-state index in [9.17, 15) is 5.11 Å². The summed E-state index contributed by atoms with van der Waals surface area (Å²) in [6, 6.07) is 0.396. The zero-order valence-electron chi connectivity index (χ0n) is 8.67. The Bertz CT molecular complexity index is 120. The molecule has 0 heterocycles. The predicted octanol–water partition coefficient (Wildman–Crippen LogP) is 0.426. The third-order valence-electron chi connectivity index (χ3n) is 2.17. The van der Waals surface area contributed by atoms with Crippen molar-refractivity contribution in [2.45, 2.75) is 38.8 Å². The van der Waals surface area contributed by atoms with Gasteiger partial charge in [0.2, 0.25) is 0 Å². The van der Waals surface area contributed by atoms with Gasteiger partial charge < -0.3 is 15.7 Å². The first kappa shape index (κ1) is 11.9. The Hall–Kier alpha value is -0.120. The van der Waals surface area contributed by atoms with Gasteiger partial charge >= 0.3 is 0 Å². The quantitative estimate of drug-likeness (QED) is 0.635. The van der Waals surface area contributed by atoms with Crippen molar-refractivity contribution >= 4 is 0 Å². The van der Waals surface area contributed by atoms with E-state index < -0.39 is 5.60 Å². The summed E-state index contributed by atoms with van der Waals surface area (Å²) in [5.41, 5.74) is 4.94. The summed E-state index contributed by atoms with van der Waals surface area (Å²) in [6.45, 7) is 7.30. The maximum absolute atomic E-state index is 9.46. The minimum absolute atomic E-state index is 0.396. The maximum Gasteiger partial charge on any atom is 0.0603 e. The average molecular weight is 174 g/mol. The second-order valence-electron chi connectivity index (χ2n) is 4.13. The van der Waals surface area contributed by atoms with Crippen LogP contribution in [0.25, 0.3) is 0 Å². The van der Waals surface area contributed by atoms with Crippen LogP contribution < -0.4 is 5.73 Å². The van der Waals surface area contributed by atoms with Crippen molar-refractivity contribution in [1.82, 2.24) is 4.90 Å². The van der Waals surface area contributed by atoms with Crippen LogP contribution in [0.15, 0.2) is 0 Å². The lowest BCUT2D eigenvalue weighted by molar-refractivity contribution is 0.0570. The molecule has 0 saturated carbocycles. The van der Waals surface area contributed by atoms with E-state index in [1.165, 1.54) is 0 Å². The summed E-state index contributed by atoms with van der Waals surface area (Å²) in [4.78, 5) is 2.16. The van der Waals surface area contributed by atoms with Crippen LogP contribution >= 0.6 is 0 Å². The van der Waals surface area contributed by atoms with Crippen molar-refractivity contribution in [3.05, 3.63) is 0 Å². The Morgan fingerprint density at radius 1 is 1.50 bits per heavy atom. The molecule has 1 unspecified atom stereocenters. The van der Waals surface area contributed by atoms with Crippen molar-refractivity contribution in [2.24, 2.45) is 5.73 Å². The number of aliphatic hydroxyl groups is 1. The summed E-state index contributed by atoms with van der Waals surface area (Å²) in [5, 5.41) is 9.46. The lowest BCUT2D eigenvalue weighted by Gasteiger charge is -2.26. The van der Waals surface area contributed by atoms with Gasteiger partial charge in [-0.3, -0.25) is 0 Å². The monoisotopic (exact) mass is 174 g/mol. The molecule has 0 aromatic rings. The van der Waals surface area contributed by atoms with Crippen LogP contribution in [0.5, 0.6) is 0 Å². The second-order valence-corrected chi connectivity index (χ2v) is 4.13. The van der Waals surface area contributed by atoms with Gasteiger partial charge in [-0.15, -0.1) is 0 Å². The topological polar surface area (TPSA) is 49.5 Å². The highest BCUT2D eigenvalue weighted by molar-refractivity contribution is 4.70. The van der Waals surface area contributed by atoms with Gasteiger partial charge in [-0.2, -0.15) is 0 Å². The summed E-state index contributed by atoms with van der Waals surface area (Å²) >= 11 is 0. The maximum atomic E-state index is 9.46. The van der Waals surface area contributed by atoms with Crippen LogP contribution in [0, 0.1) is 0 Å². The highest BCUT2D eigenvalue weighted by Gasteiger charge is 2.15. The molecule has 0 saturated heterocycles. The number of nitrogens with two attached hydrogens (primary N) is 1. The SMILES string of the molecule is CC(CN)N(C)CCC(C)(C)O. The molecule has 0 aromatic heterocycles. The minimum Gasteiger partial charge on any atom is -0.390 e. The molecule has 0 aliphatic heterocycles. The summed E-state index contributed by atoms with van der Waals surface area (Å²) in [7, 11) is 2.03. The van der Waals surface area contributed by atoms with E-state index >= 15 is 0 Å². The molecule has 3 nitrogen and oxygen atoms in total. The smallest absolute Gasteiger partial charge is 0.0603 e. The molecule has 3 heteroatoms. The van der Waals surface area contributed by atoms with E-state index in [2.05, 4.69) is 11.8 Å². The van der Waals surface area contributed by atoms with Crippen molar-refractivity contribution in [2.75, 3.05) is 20.1 Å². The molecule has 0 rings (SSSR count). The third-order valence-corrected chi connectivity index (χ3v) is 2.17. The van der Waals surface area contributed by atoms with E-state index in [1.54, 1.807) is 0 Å². The molecular formula is C9H22N2O. The second kappa shape index (κ2) is 4.80. The Labute approximate surface area is 75.6 Å². The fourth-order valence-corrected chi connectivity index (χ4v) is 0.850. The fraction of sp³-hybridized carbons (Fsp3) is 1.00. The zero-order valence-corrected chi connectivity index (χ0v) is 8.67. The normalized spacial score (nSPS) is 15.2. The van der Waals surface area contributed by atoms with Gasteiger partial charge in [-0.25, -0.2) is 0 Å². The molecule has 3 N–H and O–H groups in total. The Morgan fingerprint density at radius 3 is 2.33 bits per heavy atom. The number of nitrogens with zero attached hydrogens (tertiary/aromatic N) is 1. The number of likely N-dealkylation sites (N-methyl/N-ethyl adjacent to an activating group) is 1. The van der Waals surface area contributed by atoms with Gasteiger partial charge in [0.15, 0.2) is 0 Å². The average Bonchev–Trinajstić information content (AvgIpc) is 1.97. The van der Waals surface area contributed by atoms with Crippen molar-refractivity contribution in [3.8, 4) is 0 Å². The van der Waals surface area contributed by atoms with Crippen LogP contribution in [-0.4, -0.2) is 41.8 Å². The zero-order chi connectivity index (χ0) is 9.78. The fourth-order valence-electron chi connectivity index (χ4n) is 0.850. The Morgan fingerprint density at radius 2 is 2.00 bits per heavy atom. The highest BCUT2D eigenvalue weighted by Crippen LogP contribution is 2.08. The summed E-state index contributed by atoms with van der Waals surface area (Å²) in [5.74, 6) is 0. The van der Waals surface area contributed by atoms with Crippen LogP contribution in [-0.2, 0) is 0 Å². The Kier molecular flexibility index (Phi) is 4.75. The summed E-state index contributed by atoms with van der Waals surface area (Å²) < 4.78 is 0. The first-order valence-corrected chi connectivity index (χ1v) is 4.49. The van der Waals surface area contributed by atoms with E-state index in [-0.39, 0.29) is 0 Å². The van der Waals surface area contributed by atoms with Gasteiger partial charge in [0, 0.05) is 19.1 Å². The molecule has 0 bridgehead atoms. The first-order valence-electron chi connectivity index (χ1n) is 4.49. The number of hydrogen-bond donors (Lipinski definition) is 2. The number of rotatable bonds is 5. The molecule has 0 amide bonds. The molecular weight excluding hydrogens is 152 g/mol. The van der Waals surface area contributed by atoms with Gasteiger partial charge in [0.1, 0.15) is 0 Å². The van der Waals surface area contributed by atoms with E-state index in [1.807, 2.05) is 20.9 Å². The molecule has 12 heavy (non-hydrogen) atoms. The lowest BCUT2D eigenvalue weighted by atomic mass is 10.1. The lowest BCUT2D eigenvalue weighted by Crippen LogP contribution is -2.38. The first-order chi connectivity index (χ1) is 5.37.